The molecule has 33 heavy (non-hydrogen) atoms. The van der Waals surface area contributed by atoms with Crippen molar-refractivity contribution in [3.8, 4) is 0 Å². The monoisotopic (exact) mass is 453 g/mol. The molecule has 2 saturated carbocycles. The predicted octanol–water partition coefficient (Wildman–Crippen LogP) is 5.18. The molecule has 3 N–H and O–H groups in total. The lowest BCUT2D eigenvalue weighted by Crippen LogP contribution is -2.76. The number of rotatable bonds is 1. The van der Waals surface area contributed by atoms with Gasteiger partial charge in [0.2, 0.25) is 0 Å². The molecular formula is C28H48BN3O. The molecule has 0 aromatic rings. The molecule has 8 atom stereocenters. The van der Waals surface area contributed by atoms with Crippen LogP contribution in [0.2, 0.25) is 17.5 Å². The van der Waals surface area contributed by atoms with E-state index < -0.39 is 0 Å². The molecule has 5 aliphatic heterocycles. The first kappa shape index (κ1) is 22.1. The highest BCUT2D eigenvalue weighted by atomic mass is 16.5. The highest BCUT2D eigenvalue weighted by Gasteiger charge is 2.70. The van der Waals surface area contributed by atoms with Crippen LogP contribution in [0.4, 0.5) is 0 Å². The lowest BCUT2D eigenvalue weighted by Gasteiger charge is -2.71. The van der Waals surface area contributed by atoms with Crippen molar-refractivity contribution in [2.45, 2.75) is 132 Å². The fourth-order valence-corrected chi connectivity index (χ4v) is 11.4. The summed E-state index contributed by atoms with van der Waals surface area (Å²) in [4.78, 5) is 0. The van der Waals surface area contributed by atoms with Crippen LogP contribution in [0.25, 0.3) is 0 Å². The van der Waals surface area contributed by atoms with Gasteiger partial charge < -0.3 is 10.1 Å². The van der Waals surface area contributed by atoms with E-state index in [4.69, 9.17) is 4.74 Å². The van der Waals surface area contributed by atoms with E-state index in [0.717, 1.165) is 49.2 Å². The Morgan fingerprint density at radius 3 is 1.88 bits per heavy atom. The summed E-state index contributed by atoms with van der Waals surface area (Å²) in [5.74, 6) is 5.28. The van der Waals surface area contributed by atoms with Crippen molar-refractivity contribution in [1.82, 2.24) is 16.0 Å². The molecule has 7 rings (SSSR count). The van der Waals surface area contributed by atoms with Crippen LogP contribution in [0, 0.1) is 23.2 Å². The molecule has 0 bridgehead atoms. The van der Waals surface area contributed by atoms with Gasteiger partial charge in [0.05, 0.1) is 0 Å². The Hall–Kier alpha value is -0.0951. The van der Waals surface area contributed by atoms with Crippen LogP contribution in [-0.4, -0.2) is 44.8 Å². The Morgan fingerprint density at radius 1 is 0.545 bits per heavy atom. The van der Waals surface area contributed by atoms with E-state index in [0.29, 0.717) is 17.3 Å². The minimum atomic E-state index is 0.281. The summed E-state index contributed by atoms with van der Waals surface area (Å²) in [6, 6.07) is 0.737. The second-order valence-corrected chi connectivity index (χ2v) is 13.2. The summed E-state index contributed by atoms with van der Waals surface area (Å²) in [5.41, 5.74) is 0.440. The van der Waals surface area contributed by atoms with E-state index in [9.17, 15) is 0 Å². The van der Waals surface area contributed by atoms with E-state index in [2.05, 4.69) is 16.0 Å². The van der Waals surface area contributed by atoms with Crippen molar-refractivity contribution < 1.29 is 4.74 Å². The molecule has 0 aromatic heterocycles. The molecule has 184 valence electrons. The van der Waals surface area contributed by atoms with Crippen LogP contribution >= 0.6 is 0 Å². The number of fused-ring (bicyclic) bond motifs is 8. The SMILES string of the molecule is C1CCC(B2C3CCCCC3C3(C4CCCNC4OC4NCCCC43)C3NCCCC23)CC1. The normalized spacial score (nSPS) is 50.7. The first-order chi connectivity index (χ1) is 16.4. The molecule has 0 aromatic carbocycles. The van der Waals surface area contributed by atoms with E-state index in [1.807, 2.05) is 0 Å². The van der Waals surface area contributed by atoms with Crippen molar-refractivity contribution in [2.75, 3.05) is 19.6 Å². The van der Waals surface area contributed by atoms with E-state index >= 15 is 0 Å². The predicted molar refractivity (Wildman–Crippen MR) is 136 cm³/mol. The van der Waals surface area contributed by atoms with Gasteiger partial charge in [0.25, 0.3) is 0 Å². The highest BCUT2D eigenvalue weighted by Crippen LogP contribution is 2.69. The number of ether oxygens (including phenoxy) is 1. The maximum atomic E-state index is 6.87. The topological polar surface area (TPSA) is 45.3 Å². The average Bonchev–Trinajstić information content (AvgIpc) is 2.89. The molecule has 0 amide bonds. The lowest BCUT2D eigenvalue weighted by molar-refractivity contribution is -0.258. The summed E-state index contributed by atoms with van der Waals surface area (Å²) in [7, 11) is 0. The number of piperidine rings is 3. The number of hydrogen-bond acceptors (Lipinski definition) is 4. The molecule has 8 unspecified atom stereocenters. The van der Waals surface area contributed by atoms with Gasteiger partial charge in [-0.1, -0.05) is 75.8 Å². The largest absolute Gasteiger partial charge is 0.345 e. The maximum Gasteiger partial charge on any atom is 0.151 e. The fourth-order valence-electron chi connectivity index (χ4n) is 11.4. The van der Waals surface area contributed by atoms with Crippen molar-refractivity contribution in [3.63, 3.8) is 0 Å². The van der Waals surface area contributed by atoms with Gasteiger partial charge in [-0.2, -0.15) is 0 Å². The molecular weight excluding hydrogens is 405 g/mol. The van der Waals surface area contributed by atoms with Gasteiger partial charge in [-0.3, -0.25) is 10.6 Å². The first-order valence-corrected chi connectivity index (χ1v) is 15.2. The smallest absolute Gasteiger partial charge is 0.151 e. The Morgan fingerprint density at radius 2 is 1.12 bits per heavy atom. The molecule has 0 radical (unpaired) electrons. The molecule has 7 aliphatic rings. The van der Waals surface area contributed by atoms with E-state index in [1.54, 1.807) is 0 Å². The zero-order valence-electron chi connectivity index (χ0n) is 20.9. The zero-order valence-corrected chi connectivity index (χ0v) is 20.9. The Kier molecular flexibility index (Phi) is 6.09. The molecule has 2 aliphatic carbocycles. The number of nitrogens with one attached hydrogen (secondary N) is 3. The van der Waals surface area contributed by atoms with Crippen molar-refractivity contribution in [3.05, 3.63) is 0 Å². The molecule has 1 spiro atoms. The standard InChI is InChI=1S/C28H48BN3O/c1-2-9-19(10-3-1)29-23-14-5-4-11-20(23)28(25-24(29)15-8-16-30-25)21-12-6-17-31-26(21)33-27-22(28)13-7-18-32-27/h19-27,30-32H,1-18H2. The minimum absolute atomic E-state index is 0.281. The molecule has 5 saturated heterocycles. The highest BCUT2D eigenvalue weighted by molar-refractivity contribution is 6.64. The summed E-state index contributed by atoms with van der Waals surface area (Å²) in [5, 5.41) is 12.1. The summed E-state index contributed by atoms with van der Waals surface area (Å²) < 4.78 is 6.87. The first-order valence-electron chi connectivity index (χ1n) is 15.2. The molecule has 5 heteroatoms. The fraction of sp³-hybridized carbons (Fsp3) is 1.00. The van der Waals surface area contributed by atoms with Gasteiger partial charge in [-0.25, -0.2) is 0 Å². The average molecular weight is 454 g/mol. The van der Waals surface area contributed by atoms with Crippen LogP contribution in [-0.2, 0) is 4.74 Å². The lowest BCUT2D eigenvalue weighted by atomic mass is 9.16. The zero-order chi connectivity index (χ0) is 21.8. The second kappa shape index (κ2) is 9.09. The van der Waals surface area contributed by atoms with Gasteiger partial charge in [-0.05, 0) is 63.5 Å². The van der Waals surface area contributed by atoms with Crippen molar-refractivity contribution in [1.29, 1.82) is 0 Å². The van der Waals surface area contributed by atoms with Crippen LogP contribution < -0.4 is 16.0 Å². The maximum absolute atomic E-state index is 6.87. The van der Waals surface area contributed by atoms with Crippen LogP contribution in [0.5, 0.6) is 0 Å². The molecule has 7 fully saturated rings. The summed E-state index contributed by atoms with van der Waals surface area (Å²) >= 11 is 0. The number of hydrogen-bond donors (Lipinski definition) is 3. The van der Waals surface area contributed by atoms with Crippen molar-refractivity contribution in [2.24, 2.45) is 23.2 Å². The van der Waals surface area contributed by atoms with E-state index in [1.165, 1.54) is 103 Å². The van der Waals surface area contributed by atoms with Crippen LogP contribution in [0.15, 0.2) is 0 Å². The van der Waals surface area contributed by atoms with Gasteiger partial charge in [0.1, 0.15) is 12.5 Å². The van der Waals surface area contributed by atoms with Gasteiger partial charge in [0, 0.05) is 23.3 Å². The Balaban J connectivity index is 1.36. The second-order valence-electron chi connectivity index (χ2n) is 13.2. The molecule has 4 nitrogen and oxygen atoms in total. The van der Waals surface area contributed by atoms with Crippen LogP contribution in [0.3, 0.4) is 0 Å². The van der Waals surface area contributed by atoms with Gasteiger partial charge in [0.15, 0.2) is 6.71 Å². The van der Waals surface area contributed by atoms with Gasteiger partial charge in [-0.15, -0.1) is 0 Å². The van der Waals surface area contributed by atoms with Gasteiger partial charge >= 0.3 is 0 Å². The Labute approximate surface area is 202 Å². The Bertz CT molecular complexity index is 651. The summed E-state index contributed by atoms with van der Waals surface area (Å²) in [6.07, 6.45) is 22.5. The molecule has 5 heterocycles. The van der Waals surface area contributed by atoms with E-state index in [-0.39, 0.29) is 12.5 Å². The third-order valence-corrected chi connectivity index (χ3v) is 12.1. The van der Waals surface area contributed by atoms with Crippen molar-refractivity contribution >= 4 is 6.71 Å². The van der Waals surface area contributed by atoms with Crippen LogP contribution in [0.1, 0.15) is 96.3 Å². The quantitative estimate of drug-likeness (QED) is 0.479. The minimum Gasteiger partial charge on any atom is -0.345 e. The third-order valence-electron chi connectivity index (χ3n) is 12.1. The third kappa shape index (κ3) is 3.38. The summed E-state index contributed by atoms with van der Waals surface area (Å²) in [6.45, 7) is 4.56.